The number of hydrogen-bond acceptors (Lipinski definition) is 2. The van der Waals surface area contributed by atoms with Crippen LogP contribution in [0.25, 0.3) is 10.1 Å². The van der Waals surface area contributed by atoms with Crippen molar-refractivity contribution >= 4 is 21.4 Å². The van der Waals surface area contributed by atoms with Crippen molar-refractivity contribution in [3.8, 4) is 0 Å². The Morgan fingerprint density at radius 3 is 2.75 bits per heavy atom. The first-order valence-electron chi connectivity index (χ1n) is 5.89. The number of fused-ring (bicyclic) bond motifs is 1. The molecule has 0 aliphatic carbocycles. The normalized spacial score (nSPS) is 15.2. The first kappa shape index (κ1) is 11.6. The summed E-state index contributed by atoms with van der Waals surface area (Å²) < 4.78 is 1.31. The third-order valence-electron chi connectivity index (χ3n) is 3.05. The molecule has 2 rings (SSSR count). The summed E-state index contributed by atoms with van der Waals surface area (Å²) >= 11 is 1.80. The van der Waals surface area contributed by atoms with Crippen molar-refractivity contribution in [2.45, 2.75) is 38.7 Å². The maximum atomic E-state index is 10.0. The van der Waals surface area contributed by atoms with E-state index < -0.39 is 0 Å². The van der Waals surface area contributed by atoms with Gasteiger partial charge in [-0.2, -0.15) is 0 Å². The average Bonchev–Trinajstić information content (AvgIpc) is 2.71. The molecule has 0 aliphatic rings. The number of benzene rings is 1. The number of hydrogen-bond donors (Lipinski definition) is 1. The Balaban J connectivity index is 2.26. The molecule has 86 valence electrons. The summed E-state index contributed by atoms with van der Waals surface area (Å²) in [6.45, 7) is 4.23. The maximum absolute atomic E-state index is 10.0. The second kappa shape index (κ2) is 4.98. The molecule has 0 spiro atoms. The van der Waals surface area contributed by atoms with Gasteiger partial charge in [0, 0.05) is 15.5 Å². The van der Waals surface area contributed by atoms with Crippen LogP contribution in [-0.2, 0) is 0 Å². The van der Waals surface area contributed by atoms with Gasteiger partial charge < -0.3 is 5.11 Å². The SMILES string of the molecule is CCCC(O)C(C)c1cc2ccccc2s1. The highest BCUT2D eigenvalue weighted by Crippen LogP contribution is 2.33. The zero-order valence-electron chi connectivity index (χ0n) is 9.81. The van der Waals surface area contributed by atoms with Crippen molar-refractivity contribution in [1.29, 1.82) is 0 Å². The smallest absolute Gasteiger partial charge is 0.0613 e. The standard InChI is InChI=1S/C14H18OS/c1-3-6-12(15)10(2)14-9-11-7-4-5-8-13(11)16-14/h4-5,7-10,12,15H,3,6H2,1-2H3. The van der Waals surface area contributed by atoms with Crippen molar-refractivity contribution in [2.24, 2.45) is 0 Å². The Hall–Kier alpha value is -0.860. The molecule has 2 atom stereocenters. The lowest BCUT2D eigenvalue weighted by atomic mass is 9.99. The van der Waals surface area contributed by atoms with Crippen LogP contribution in [0.2, 0.25) is 0 Å². The monoisotopic (exact) mass is 234 g/mol. The summed E-state index contributed by atoms with van der Waals surface area (Å²) in [5, 5.41) is 11.3. The topological polar surface area (TPSA) is 20.2 Å². The average molecular weight is 234 g/mol. The number of rotatable bonds is 4. The molecule has 2 heteroatoms. The summed E-state index contributed by atoms with van der Waals surface area (Å²) in [6, 6.07) is 10.6. The largest absolute Gasteiger partial charge is 0.392 e. The lowest BCUT2D eigenvalue weighted by Crippen LogP contribution is -2.14. The predicted molar refractivity (Wildman–Crippen MR) is 71.2 cm³/mol. The summed E-state index contributed by atoms with van der Waals surface area (Å²) in [5.41, 5.74) is 0. The fourth-order valence-corrected chi connectivity index (χ4v) is 3.14. The van der Waals surface area contributed by atoms with E-state index in [4.69, 9.17) is 0 Å². The van der Waals surface area contributed by atoms with E-state index in [1.165, 1.54) is 15.0 Å². The highest BCUT2D eigenvalue weighted by Gasteiger charge is 2.17. The van der Waals surface area contributed by atoms with Crippen LogP contribution in [-0.4, -0.2) is 11.2 Å². The van der Waals surface area contributed by atoms with Gasteiger partial charge >= 0.3 is 0 Å². The Kier molecular flexibility index (Phi) is 3.62. The van der Waals surface area contributed by atoms with Crippen molar-refractivity contribution in [3.63, 3.8) is 0 Å². The lowest BCUT2D eigenvalue weighted by Gasteiger charge is -2.16. The third-order valence-corrected chi connectivity index (χ3v) is 4.37. The van der Waals surface area contributed by atoms with Crippen LogP contribution >= 0.6 is 11.3 Å². The zero-order valence-corrected chi connectivity index (χ0v) is 10.6. The molecule has 0 saturated carbocycles. The highest BCUT2D eigenvalue weighted by molar-refractivity contribution is 7.19. The molecule has 0 radical (unpaired) electrons. The molecule has 0 amide bonds. The fraction of sp³-hybridized carbons (Fsp3) is 0.429. The summed E-state index contributed by atoms with van der Waals surface area (Å²) in [4.78, 5) is 1.29. The van der Waals surface area contributed by atoms with Gasteiger partial charge in [-0.1, -0.05) is 38.5 Å². The molecule has 0 aliphatic heterocycles. The Morgan fingerprint density at radius 2 is 2.06 bits per heavy atom. The van der Waals surface area contributed by atoms with E-state index in [1.807, 2.05) is 0 Å². The highest BCUT2D eigenvalue weighted by atomic mass is 32.1. The van der Waals surface area contributed by atoms with E-state index in [2.05, 4.69) is 44.2 Å². The lowest BCUT2D eigenvalue weighted by molar-refractivity contribution is 0.140. The third kappa shape index (κ3) is 2.28. The maximum Gasteiger partial charge on any atom is 0.0613 e. The summed E-state index contributed by atoms with van der Waals surface area (Å²) in [6.07, 6.45) is 1.71. The van der Waals surface area contributed by atoms with Gasteiger partial charge in [-0.05, 0) is 23.9 Å². The van der Waals surface area contributed by atoms with Crippen LogP contribution in [0.1, 0.15) is 37.5 Å². The fourth-order valence-electron chi connectivity index (χ4n) is 1.96. The Labute approximate surface area is 101 Å². The minimum absolute atomic E-state index is 0.210. The first-order valence-corrected chi connectivity index (χ1v) is 6.70. The van der Waals surface area contributed by atoms with E-state index in [0.717, 1.165) is 12.8 Å². The summed E-state index contributed by atoms with van der Waals surface area (Å²) in [7, 11) is 0. The molecule has 1 N–H and O–H groups in total. The zero-order chi connectivity index (χ0) is 11.5. The molecule has 1 aromatic carbocycles. The van der Waals surface area contributed by atoms with Crippen LogP contribution in [0.4, 0.5) is 0 Å². The molecular formula is C14H18OS. The van der Waals surface area contributed by atoms with Crippen LogP contribution in [0.5, 0.6) is 0 Å². The van der Waals surface area contributed by atoms with Gasteiger partial charge in [0.2, 0.25) is 0 Å². The number of aliphatic hydroxyl groups is 1. The molecule has 1 aromatic heterocycles. The van der Waals surface area contributed by atoms with Crippen LogP contribution in [0.15, 0.2) is 30.3 Å². The van der Waals surface area contributed by atoms with Gasteiger partial charge in [0.25, 0.3) is 0 Å². The number of aliphatic hydroxyl groups excluding tert-OH is 1. The molecule has 1 heterocycles. The van der Waals surface area contributed by atoms with Gasteiger partial charge in [0.1, 0.15) is 0 Å². The van der Waals surface area contributed by atoms with Gasteiger partial charge in [-0.15, -0.1) is 11.3 Å². The van der Waals surface area contributed by atoms with Crippen molar-refractivity contribution in [1.82, 2.24) is 0 Å². The first-order chi connectivity index (χ1) is 7.72. The van der Waals surface area contributed by atoms with Crippen molar-refractivity contribution in [2.75, 3.05) is 0 Å². The van der Waals surface area contributed by atoms with E-state index in [1.54, 1.807) is 11.3 Å². The van der Waals surface area contributed by atoms with Gasteiger partial charge in [0.05, 0.1) is 6.10 Å². The van der Waals surface area contributed by atoms with E-state index in [9.17, 15) is 5.11 Å². The van der Waals surface area contributed by atoms with E-state index >= 15 is 0 Å². The minimum Gasteiger partial charge on any atom is -0.392 e. The van der Waals surface area contributed by atoms with Gasteiger partial charge in [0.15, 0.2) is 0 Å². The quantitative estimate of drug-likeness (QED) is 0.842. The van der Waals surface area contributed by atoms with E-state index in [0.29, 0.717) is 0 Å². The van der Waals surface area contributed by atoms with Gasteiger partial charge in [-0.3, -0.25) is 0 Å². The molecule has 0 fully saturated rings. The number of thiophene rings is 1. The second-order valence-corrected chi connectivity index (χ2v) is 5.45. The molecule has 0 bridgehead atoms. The summed E-state index contributed by atoms with van der Waals surface area (Å²) in [5.74, 6) is 0.248. The predicted octanol–water partition coefficient (Wildman–Crippen LogP) is 4.17. The minimum atomic E-state index is -0.210. The van der Waals surface area contributed by atoms with Crippen molar-refractivity contribution < 1.29 is 5.11 Å². The molecule has 16 heavy (non-hydrogen) atoms. The Bertz CT molecular complexity index is 427. The molecule has 2 aromatic rings. The van der Waals surface area contributed by atoms with Crippen LogP contribution < -0.4 is 0 Å². The second-order valence-electron chi connectivity index (χ2n) is 4.33. The molecular weight excluding hydrogens is 216 g/mol. The Morgan fingerprint density at radius 1 is 1.31 bits per heavy atom. The molecule has 1 nitrogen and oxygen atoms in total. The van der Waals surface area contributed by atoms with Crippen LogP contribution in [0, 0.1) is 0 Å². The van der Waals surface area contributed by atoms with Crippen molar-refractivity contribution in [3.05, 3.63) is 35.2 Å². The molecule has 0 saturated heterocycles. The van der Waals surface area contributed by atoms with Gasteiger partial charge in [-0.25, -0.2) is 0 Å². The van der Waals surface area contributed by atoms with E-state index in [-0.39, 0.29) is 12.0 Å². The molecule has 2 unspecified atom stereocenters. The van der Waals surface area contributed by atoms with Crippen LogP contribution in [0.3, 0.4) is 0 Å².